The summed E-state index contributed by atoms with van der Waals surface area (Å²) in [5.41, 5.74) is 5.98. The summed E-state index contributed by atoms with van der Waals surface area (Å²) in [7, 11) is 3.01. The second-order valence-corrected chi connectivity index (χ2v) is 3.19. The van der Waals surface area contributed by atoms with Crippen molar-refractivity contribution in [2.75, 3.05) is 20.8 Å². The van der Waals surface area contributed by atoms with E-state index in [4.69, 9.17) is 15.2 Å². The molecule has 0 aliphatic rings. The average molecular weight is 213 g/mol. The monoisotopic (exact) mass is 213 g/mol. The van der Waals surface area contributed by atoms with Crippen molar-refractivity contribution in [2.24, 2.45) is 5.73 Å². The fourth-order valence-electron chi connectivity index (χ4n) is 1.38. The van der Waals surface area contributed by atoms with Gasteiger partial charge in [0.05, 0.1) is 14.2 Å². The fourth-order valence-corrected chi connectivity index (χ4v) is 1.38. The average Bonchev–Trinajstić information content (AvgIpc) is 2.27. The smallest absolute Gasteiger partial charge is 0.163 e. The Morgan fingerprint density at radius 2 is 1.80 bits per heavy atom. The molecule has 0 spiro atoms. The van der Waals surface area contributed by atoms with Gasteiger partial charge >= 0.3 is 0 Å². The molecule has 0 radical (unpaired) electrons. The lowest BCUT2D eigenvalue weighted by Crippen LogP contribution is -2.02. The molecule has 3 nitrogen and oxygen atoms in total. The summed E-state index contributed by atoms with van der Waals surface area (Å²) >= 11 is 0. The van der Waals surface area contributed by atoms with E-state index in [0.29, 0.717) is 30.0 Å². The maximum Gasteiger partial charge on any atom is 0.163 e. The minimum Gasteiger partial charge on any atom is -0.493 e. The Hall–Kier alpha value is -1.29. The van der Waals surface area contributed by atoms with E-state index in [9.17, 15) is 4.39 Å². The van der Waals surface area contributed by atoms with Crippen molar-refractivity contribution >= 4 is 0 Å². The van der Waals surface area contributed by atoms with Crippen LogP contribution in [-0.2, 0) is 6.42 Å². The first kappa shape index (κ1) is 11.8. The fraction of sp³-hybridized carbons (Fsp3) is 0.455. The molecule has 15 heavy (non-hydrogen) atoms. The van der Waals surface area contributed by atoms with Crippen LogP contribution < -0.4 is 15.2 Å². The maximum atomic E-state index is 13.5. The predicted octanol–water partition coefficient (Wildman–Crippen LogP) is 1.73. The van der Waals surface area contributed by atoms with E-state index in [1.54, 1.807) is 6.07 Å². The third-order valence-corrected chi connectivity index (χ3v) is 2.20. The van der Waals surface area contributed by atoms with Gasteiger partial charge in [-0.3, -0.25) is 0 Å². The highest BCUT2D eigenvalue weighted by molar-refractivity contribution is 5.43. The van der Waals surface area contributed by atoms with Crippen molar-refractivity contribution in [3.8, 4) is 11.5 Å². The lowest BCUT2D eigenvalue weighted by atomic mass is 10.1. The number of aryl methyl sites for hydroxylation is 1. The highest BCUT2D eigenvalue weighted by Gasteiger charge is 2.10. The molecule has 0 aliphatic heterocycles. The van der Waals surface area contributed by atoms with Gasteiger partial charge < -0.3 is 15.2 Å². The Morgan fingerprint density at radius 1 is 1.20 bits per heavy atom. The molecular weight excluding hydrogens is 197 g/mol. The molecule has 0 saturated heterocycles. The van der Waals surface area contributed by atoms with E-state index in [1.807, 2.05) is 0 Å². The van der Waals surface area contributed by atoms with Crippen LogP contribution in [0.3, 0.4) is 0 Å². The lowest BCUT2D eigenvalue weighted by Gasteiger charge is -2.10. The summed E-state index contributed by atoms with van der Waals surface area (Å²) in [6.07, 6.45) is 1.37. The Labute approximate surface area is 89.0 Å². The van der Waals surface area contributed by atoms with Crippen molar-refractivity contribution in [1.29, 1.82) is 0 Å². The van der Waals surface area contributed by atoms with Gasteiger partial charge in [0.2, 0.25) is 0 Å². The maximum absolute atomic E-state index is 13.5. The van der Waals surface area contributed by atoms with Crippen LogP contribution in [0.25, 0.3) is 0 Å². The quantitative estimate of drug-likeness (QED) is 0.810. The number of methoxy groups -OCH3 is 2. The van der Waals surface area contributed by atoms with Gasteiger partial charge in [0.1, 0.15) is 5.82 Å². The molecule has 1 rings (SSSR count). The molecule has 0 atom stereocenters. The molecule has 84 valence electrons. The normalized spacial score (nSPS) is 10.1. The second-order valence-electron chi connectivity index (χ2n) is 3.19. The SMILES string of the molecule is COc1cc(F)c(CCCN)cc1OC. The summed E-state index contributed by atoms with van der Waals surface area (Å²) in [6, 6.07) is 2.99. The van der Waals surface area contributed by atoms with E-state index < -0.39 is 0 Å². The Bertz CT molecular complexity index is 329. The third-order valence-electron chi connectivity index (χ3n) is 2.20. The largest absolute Gasteiger partial charge is 0.493 e. The van der Waals surface area contributed by atoms with Gasteiger partial charge in [-0.25, -0.2) is 4.39 Å². The number of benzene rings is 1. The Morgan fingerprint density at radius 3 is 2.33 bits per heavy atom. The number of rotatable bonds is 5. The van der Waals surface area contributed by atoms with Crippen LogP contribution in [-0.4, -0.2) is 20.8 Å². The van der Waals surface area contributed by atoms with Gasteiger partial charge in [-0.05, 0) is 31.0 Å². The Kier molecular flexibility index (Phi) is 4.37. The standard InChI is InChI=1S/C11H16FNO2/c1-14-10-6-8(4-3-5-13)9(12)7-11(10)15-2/h6-7H,3-5,13H2,1-2H3. The molecule has 0 unspecified atom stereocenters. The summed E-state index contributed by atoms with van der Waals surface area (Å²) < 4.78 is 23.6. The van der Waals surface area contributed by atoms with Gasteiger partial charge in [-0.2, -0.15) is 0 Å². The summed E-state index contributed by atoms with van der Waals surface area (Å²) in [6.45, 7) is 0.549. The molecule has 0 saturated carbocycles. The van der Waals surface area contributed by atoms with Crippen molar-refractivity contribution < 1.29 is 13.9 Å². The molecule has 4 heteroatoms. The van der Waals surface area contributed by atoms with Crippen molar-refractivity contribution in [3.05, 3.63) is 23.5 Å². The number of hydrogen-bond donors (Lipinski definition) is 1. The number of ether oxygens (including phenoxy) is 2. The van der Waals surface area contributed by atoms with Gasteiger partial charge in [0, 0.05) is 6.07 Å². The zero-order valence-corrected chi connectivity index (χ0v) is 9.05. The Balaban J connectivity index is 2.97. The van der Waals surface area contributed by atoms with E-state index in [-0.39, 0.29) is 5.82 Å². The van der Waals surface area contributed by atoms with Crippen LogP contribution >= 0.6 is 0 Å². The molecular formula is C11H16FNO2. The summed E-state index contributed by atoms with van der Waals surface area (Å²) in [5, 5.41) is 0. The van der Waals surface area contributed by atoms with Gasteiger partial charge in [0.15, 0.2) is 11.5 Å². The van der Waals surface area contributed by atoms with E-state index >= 15 is 0 Å². The van der Waals surface area contributed by atoms with Crippen molar-refractivity contribution in [3.63, 3.8) is 0 Å². The highest BCUT2D eigenvalue weighted by atomic mass is 19.1. The van der Waals surface area contributed by atoms with E-state index in [2.05, 4.69) is 0 Å². The zero-order valence-electron chi connectivity index (χ0n) is 9.05. The second kappa shape index (κ2) is 5.56. The van der Waals surface area contributed by atoms with Crippen molar-refractivity contribution in [1.82, 2.24) is 0 Å². The van der Waals surface area contributed by atoms with Gasteiger partial charge in [0.25, 0.3) is 0 Å². The minimum atomic E-state index is -0.277. The van der Waals surface area contributed by atoms with Crippen LogP contribution in [0.15, 0.2) is 12.1 Å². The molecule has 1 aromatic carbocycles. The zero-order chi connectivity index (χ0) is 11.3. The molecule has 0 aliphatic carbocycles. The topological polar surface area (TPSA) is 44.5 Å². The van der Waals surface area contributed by atoms with E-state index in [1.165, 1.54) is 20.3 Å². The van der Waals surface area contributed by atoms with Crippen LogP contribution in [0.5, 0.6) is 11.5 Å². The molecule has 2 N–H and O–H groups in total. The summed E-state index contributed by atoms with van der Waals surface area (Å²) in [5.74, 6) is 0.679. The molecule has 0 heterocycles. The van der Waals surface area contributed by atoms with E-state index in [0.717, 1.165) is 6.42 Å². The molecule has 0 amide bonds. The first-order valence-corrected chi connectivity index (χ1v) is 4.83. The van der Waals surface area contributed by atoms with Gasteiger partial charge in [-0.15, -0.1) is 0 Å². The number of halogens is 1. The molecule has 0 bridgehead atoms. The van der Waals surface area contributed by atoms with Crippen LogP contribution in [0.4, 0.5) is 4.39 Å². The number of nitrogens with two attached hydrogens (primary N) is 1. The van der Waals surface area contributed by atoms with Gasteiger partial charge in [-0.1, -0.05) is 0 Å². The highest BCUT2D eigenvalue weighted by Crippen LogP contribution is 2.30. The van der Waals surface area contributed by atoms with Crippen LogP contribution in [0.1, 0.15) is 12.0 Å². The molecule has 1 aromatic rings. The first-order chi connectivity index (χ1) is 7.22. The third kappa shape index (κ3) is 2.83. The molecule has 0 aromatic heterocycles. The molecule has 0 fully saturated rings. The minimum absolute atomic E-state index is 0.277. The van der Waals surface area contributed by atoms with Crippen LogP contribution in [0, 0.1) is 5.82 Å². The van der Waals surface area contributed by atoms with Crippen molar-refractivity contribution in [2.45, 2.75) is 12.8 Å². The number of hydrogen-bond acceptors (Lipinski definition) is 3. The summed E-state index contributed by atoms with van der Waals surface area (Å²) in [4.78, 5) is 0. The first-order valence-electron chi connectivity index (χ1n) is 4.83. The van der Waals surface area contributed by atoms with Crippen LogP contribution in [0.2, 0.25) is 0 Å². The predicted molar refractivity (Wildman–Crippen MR) is 56.9 cm³/mol. The lowest BCUT2D eigenvalue weighted by molar-refractivity contribution is 0.351.